The summed E-state index contributed by atoms with van der Waals surface area (Å²) in [6.07, 6.45) is 1.05. The standard InChI is InChI=1S/C15H26N2O/c1-4-14(17(5-2)11-12-18-3)15(16)13-9-7-6-8-10-13/h6-10,14-15H,4-5,11-12,16H2,1-3H3. The van der Waals surface area contributed by atoms with E-state index in [0.29, 0.717) is 6.04 Å². The average molecular weight is 250 g/mol. The Morgan fingerprint density at radius 1 is 1.22 bits per heavy atom. The molecule has 0 bridgehead atoms. The predicted molar refractivity (Wildman–Crippen MR) is 76.6 cm³/mol. The van der Waals surface area contributed by atoms with Crippen molar-refractivity contribution in [3.63, 3.8) is 0 Å². The minimum Gasteiger partial charge on any atom is -0.383 e. The summed E-state index contributed by atoms with van der Waals surface area (Å²) in [5, 5.41) is 0. The Kier molecular flexibility index (Phi) is 6.94. The summed E-state index contributed by atoms with van der Waals surface area (Å²) in [7, 11) is 1.74. The second-order valence-electron chi connectivity index (χ2n) is 4.53. The van der Waals surface area contributed by atoms with Crippen molar-refractivity contribution in [3.8, 4) is 0 Å². The highest BCUT2D eigenvalue weighted by Gasteiger charge is 2.23. The normalized spacial score (nSPS) is 14.7. The summed E-state index contributed by atoms with van der Waals surface area (Å²) in [6, 6.07) is 10.8. The molecule has 0 saturated carbocycles. The molecule has 18 heavy (non-hydrogen) atoms. The van der Waals surface area contributed by atoms with E-state index in [0.717, 1.165) is 26.1 Å². The van der Waals surface area contributed by atoms with Crippen LogP contribution in [-0.4, -0.2) is 37.7 Å². The van der Waals surface area contributed by atoms with Gasteiger partial charge in [0.25, 0.3) is 0 Å². The fourth-order valence-corrected chi connectivity index (χ4v) is 2.40. The van der Waals surface area contributed by atoms with E-state index >= 15 is 0 Å². The van der Waals surface area contributed by atoms with Gasteiger partial charge < -0.3 is 10.5 Å². The van der Waals surface area contributed by atoms with Crippen LogP contribution in [0.2, 0.25) is 0 Å². The molecule has 3 heteroatoms. The Balaban J connectivity index is 2.74. The Hall–Kier alpha value is -0.900. The molecule has 2 unspecified atom stereocenters. The fraction of sp³-hybridized carbons (Fsp3) is 0.600. The molecule has 0 aliphatic carbocycles. The molecule has 0 aliphatic rings. The van der Waals surface area contributed by atoms with Crippen LogP contribution in [0, 0.1) is 0 Å². The fourth-order valence-electron chi connectivity index (χ4n) is 2.40. The number of nitrogens with two attached hydrogens (primary N) is 1. The van der Waals surface area contributed by atoms with Gasteiger partial charge in [0.05, 0.1) is 6.61 Å². The summed E-state index contributed by atoms with van der Waals surface area (Å²) >= 11 is 0. The van der Waals surface area contributed by atoms with Gasteiger partial charge in [-0.15, -0.1) is 0 Å². The van der Waals surface area contributed by atoms with Gasteiger partial charge in [0.1, 0.15) is 0 Å². The Labute approximate surface area is 111 Å². The van der Waals surface area contributed by atoms with E-state index in [2.05, 4.69) is 30.9 Å². The van der Waals surface area contributed by atoms with Gasteiger partial charge in [0.15, 0.2) is 0 Å². The Morgan fingerprint density at radius 2 is 1.89 bits per heavy atom. The highest BCUT2D eigenvalue weighted by atomic mass is 16.5. The summed E-state index contributed by atoms with van der Waals surface area (Å²) in [5.41, 5.74) is 7.62. The van der Waals surface area contributed by atoms with Crippen LogP contribution in [0.3, 0.4) is 0 Å². The number of rotatable bonds is 8. The van der Waals surface area contributed by atoms with Crippen molar-refractivity contribution < 1.29 is 4.74 Å². The molecule has 2 N–H and O–H groups in total. The molecule has 3 nitrogen and oxygen atoms in total. The van der Waals surface area contributed by atoms with Gasteiger partial charge in [-0.2, -0.15) is 0 Å². The maximum atomic E-state index is 6.42. The first-order valence-electron chi connectivity index (χ1n) is 6.78. The number of hydrogen-bond acceptors (Lipinski definition) is 3. The van der Waals surface area contributed by atoms with Crippen LogP contribution in [0.5, 0.6) is 0 Å². The molecule has 0 radical (unpaired) electrons. The maximum Gasteiger partial charge on any atom is 0.0589 e. The van der Waals surface area contributed by atoms with Gasteiger partial charge >= 0.3 is 0 Å². The van der Waals surface area contributed by atoms with Gasteiger partial charge in [0.2, 0.25) is 0 Å². The zero-order valence-corrected chi connectivity index (χ0v) is 11.8. The molecule has 1 aromatic rings. The van der Waals surface area contributed by atoms with Crippen LogP contribution in [0.15, 0.2) is 30.3 Å². The quantitative estimate of drug-likeness (QED) is 0.770. The third-order valence-corrected chi connectivity index (χ3v) is 3.48. The SMILES string of the molecule is CCC(C(N)c1ccccc1)N(CC)CCOC. The molecule has 0 aliphatic heterocycles. The number of nitrogens with zero attached hydrogens (tertiary/aromatic N) is 1. The third kappa shape index (κ3) is 4.09. The lowest BCUT2D eigenvalue weighted by Crippen LogP contribution is -2.43. The summed E-state index contributed by atoms with van der Waals surface area (Å²) < 4.78 is 5.17. The molecular weight excluding hydrogens is 224 g/mol. The number of ether oxygens (including phenoxy) is 1. The molecule has 0 fully saturated rings. The Morgan fingerprint density at radius 3 is 2.39 bits per heavy atom. The topological polar surface area (TPSA) is 38.5 Å². The highest BCUT2D eigenvalue weighted by Crippen LogP contribution is 2.20. The van der Waals surface area contributed by atoms with Gasteiger partial charge in [-0.3, -0.25) is 4.90 Å². The molecular formula is C15H26N2O. The minimum atomic E-state index is 0.0630. The van der Waals surface area contributed by atoms with Crippen LogP contribution < -0.4 is 5.73 Å². The average Bonchev–Trinajstić information content (AvgIpc) is 2.43. The van der Waals surface area contributed by atoms with Crippen LogP contribution in [0.1, 0.15) is 31.9 Å². The van der Waals surface area contributed by atoms with E-state index in [1.54, 1.807) is 7.11 Å². The second-order valence-corrected chi connectivity index (χ2v) is 4.53. The largest absolute Gasteiger partial charge is 0.383 e. The first-order valence-corrected chi connectivity index (χ1v) is 6.78. The van der Waals surface area contributed by atoms with E-state index in [4.69, 9.17) is 10.5 Å². The van der Waals surface area contributed by atoms with E-state index in [1.807, 2.05) is 18.2 Å². The number of likely N-dealkylation sites (N-methyl/N-ethyl adjacent to an activating group) is 1. The van der Waals surface area contributed by atoms with Crippen molar-refractivity contribution in [3.05, 3.63) is 35.9 Å². The van der Waals surface area contributed by atoms with E-state index in [-0.39, 0.29) is 6.04 Å². The van der Waals surface area contributed by atoms with Crippen LogP contribution in [0.4, 0.5) is 0 Å². The van der Waals surface area contributed by atoms with Crippen molar-refractivity contribution >= 4 is 0 Å². The maximum absolute atomic E-state index is 6.42. The molecule has 2 atom stereocenters. The van der Waals surface area contributed by atoms with Crippen molar-refractivity contribution in [2.45, 2.75) is 32.4 Å². The number of methoxy groups -OCH3 is 1. The first-order chi connectivity index (χ1) is 8.74. The van der Waals surface area contributed by atoms with Gasteiger partial charge in [-0.25, -0.2) is 0 Å². The van der Waals surface area contributed by atoms with Crippen molar-refractivity contribution in [1.82, 2.24) is 4.90 Å². The van der Waals surface area contributed by atoms with Crippen LogP contribution >= 0.6 is 0 Å². The molecule has 0 saturated heterocycles. The van der Waals surface area contributed by atoms with Crippen molar-refractivity contribution in [2.24, 2.45) is 5.73 Å². The number of hydrogen-bond donors (Lipinski definition) is 1. The monoisotopic (exact) mass is 250 g/mol. The molecule has 102 valence electrons. The predicted octanol–water partition coefficient (Wildman–Crippen LogP) is 2.43. The van der Waals surface area contributed by atoms with Crippen molar-refractivity contribution in [1.29, 1.82) is 0 Å². The first kappa shape index (κ1) is 15.2. The summed E-state index contributed by atoms with van der Waals surface area (Å²) in [5.74, 6) is 0. The minimum absolute atomic E-state index is 0.0630. The molecule has 0 heterocycles. The second kappa shape index (κ2) is 8.25. The molecule has 1 aromatic carbocycles. The van der Waals surface area contributed by atoms with Gasteiger partial charge in [-0.1, -0.05) is 44.2 Å². The molecule has 0 amide bonds. The highest BCUT2D eigenvalue weighted by molar-refractivity contribution is 5.20. The van der Waals surface area contributed by atoms with E-state index < -0.39 is 0 Å². The molecule has 0 aromatic heterocycles. The molecule has 0 spiro atoms. The zero-order valence-electron chi connectivity index (χ0n) is 11.8. The lowest BCUT2D eigenvalue weighted by atomic mass is 9.97. The molecule has 1 rings (SSSR count). The lowest BCUT2D eigenvalue weighted by Gasteiger charge is -2.34. The van der Waals surface area contributed by atoms with Gasteiger partial charge in [-0.05, 0) is 18.5 Å². The van der Waals surface area contributed by atoms with Gasteiger partial charge in [0, 0.05) is 25.7 Å². The zero-order chi connectivity index (χ0) is 13.4. The van der Waals surface area contributed by atoms with Crippen LogP contribution in [-0.2, 0) is 4.74 Å². The van der Waals surface area contributed by atoms with Crippen molar-refractivity contribution in [2.75, 3.05) is 26.8 Å². The van der Waals surface area contributed by atoms with E-state index in [9.17, 15) is 0 Å². The smallest absolute Gasteiger partial charge is 0.0589 e. The third-order valence-electron chi connectivity index (χ3n) is 3.48. The summed E-state index contributed by atoms with van der Waals surface area (Å²) in [6.45, 7) is 7.07. The number of benzene rings is 1. The Bertz CT molecular complexity index is 316. The lowest BCUT2D eigenvalue weighted by molar-refractivity contribution is 0.111. The van der Waals surface area contributed by atoms with Crippen LogP contribution in [0.25, 0.3) is 0 Å². The summed E-state index contributed by atoms with van der Waals surface area (Å²) in [4.78, 5) is 2.40. The van der Waals surface area contributed by atoms with E-state index in [1.165, 1.54) is 5.56 Å².